The maximum Gasteiger partial charge on any atom is 0.375 e. The molecule has 29 heavy (non-hydrogen) atoms. The number of halogens is 1. The fourth-order valence-electron chi connectivity index (χ4n) is 3.32. The van der Waals surface area contributed by atoms with Gasteiger partial charge < -0.3 is 14.5 Å². The molecule has 1 aliphatic heterocycles. The molecule has 2 heterocycles. The number of aryl methyl sites for hydroxylation is 1. The van der Waals surface area contributed by atoms with E-state index >= 15 is 0 Å². The van der Waals surface area contributed by atoms with E-state index in [9.17, 15) is 18.8 Å². The Balaban J connectivity index is 1.57. The Morgan fingerprint density at radius 3 is 2.72 bits per heavy atom. The SMILES string of the molecule is Cc1c(C(=O)O[C@@H](C)C(=O)N2CC(=O)Nc3ccccc32)oc2c(F)cccc12. The third-order valence-corrected chi connectivity index (χ3v) is 4.77. The van der Waals surface area contributed by atoms with Crippen molar-refractivity contribution in [1.82, 2.24) is 0 Å². The highest BCUT2D eigenvalue weighted by atomic mass is 19.1. The van der Waals surface area contributed by atoms with E-state index < -0.39 is 23.8 Å². The smallest absolute Gasteiger partial charge is 0.375 e. The molecule has 1 atom stereocenters. The second-order valence-corrected chi connectivity index (χ2v) is 6.71. The number of fused-ring (bicyclic) bond motifs is 2. The van der Waals surface area contributed by atoms with Crippen LogP contribution in [0.4, 0.5) is 15.8 Å². The number of esters is 1. The van der Waals surface area contributed by atoms with Crippen molar-refractivity contribution in [2.45, 2.75) is 20.0 Å². The second-order valence-electron chi connectivity index (χ2n) is 6.71. The van der Waals surface area contributed by atoms with Gasteiger partial charge in [-0.2, -0.15) is 0 Å². The van der Waals surface area contributed by atoms with Crippen LogP contribution in [0.2, 0.25) is 0 Å². The number of carbonyl (C=O) groups excluding carboxylic acids is 3. The second kappa shape index (κ2) is 7.05. The summed E-state index contributed by atoms with van der Waals surface area (Å²) in [4.78, 5) is 38.6. The van der Waals surface area contributed by atoms with E-state index in [1.54, 1.807) is 37.3 Å². The summed E-state index contributed by atoms with van der Waals surface area (Å²) >= 11 is 0. The predicted octanol–water partition coefficient (Wildman–Crippen LogP) is 3.41. The van der Waals surface area contributed by atoms with Crippen LogP contribution < -0.4 is 10.2 Å². The highest BCUT2D eigenvalue weighted by Gasteiger charge is 2.32. The average molecular weight is 396 g/mol. The summed E-state index contributed by atoms with van der Waals surface area (Å²) in [6, 6.07) is 11.2. The molecule has 0 unspecified atom stereocenters. The highest BCUT2D eigenvalue weighted by Crippen LogP contribution is 2.30. The normalized spacial score (nSPS) is 14.3. The number of ether oxygens (including phenoxy) is 1. The van der Waals surface area contributed by atoms with E-state index in [4.69, 9.17) is 9.15 Å². The van der Waals surface area contributed by atoms with Gasteiger partial charge >= 0.3 is 5.97 Å². The van der Waals surface area contributed by atoms with Crippen LogP contribution in [0.5, 0.6) is 0 Å². The summed E-state index contributed by atoms with van der Waals surface area (Å²) in [7, 11) is 0. The quantitative estimate of drug-likeness (QED) is 0.686. The van der Waals surface area contributed by atoms with Gasteiger partial charge in [0.2, 0.25) is 11.7 Å². The van der Waals surface area contributed by atoms with Crippen molar-refractivity contribution in [3.63, 3.8) is 0 Å². The molecule has 0 saturated carbocycles. The molecular formula is C21H17FN2O5. The summed E-state index contributed by atoms with van der Waals surface area (Å²) in [6.45, 7) is 2.83. The summed E-state index contributed by atoms with van der Waals surface area (Å²) < 4.78 is 24.5. The van der Waals surface area contributed by atoms with Crippen molar-refractivity contribution in [3.05, 3.63) is 59.6 Å². The van der Waals surface area contributed by atoms with Crippen LogP contribution in [-0.4, -0.2) is 30.4 Å². The lowest BCUT2D eigenvalue weighted by Gasteiger charge is -2.30. The van der Waals surface area contributed by atoms with Crippen molar-refractivity contribution < 1.29 is 27.9 Å². The lowest BCUT2D eigenvalue weighted by Crippen LogP contribution is -2.47. The first-order valence-corrected chi connectivity index (χ1v) is 8.95. The molecule has 2 amide bonds. The first kappa shape index (κ1) is 18.7. The Labute approximate surface area is 165 Å². The number of carbonyl (C=O) groups is 3. The standard InChI is InChI=1S/C21H17FN2O5/c1-11-13-6-5-7-14(22)19(13)29-18(11)21(27)28-12(2)20(26)24-10-17(25)23-15-8-3-4-9-16(15)24/h3-9,12H,10H2,1-2H3,(H,23,25)/t12-/m0/s1. The van der Waals surface area contributed by atoms with Gasteiger partial charge in [-0.3, -0.25) is 14.5 Å². The van der Waals surface area contributed by atoms with E-state index in [2.05, 4.69) is 5.32 Å². The van der Waals surface area contributed by atoms with Crippen LogP contribution >= 0.6 is 0 Å². The van der Waals surface area contributed by atoms with Gasteiger partial charge in [0.05, 0.1) is 11.4 Å². The Morgan fingerprint density at radius 1 is 1.21 bits per heavy atom. The summed E-state index contributed by atoms with van der Waals surface area (Å²) in [6.07, 6.45) is -1.18. The maximum absolute atomic E-state index is 13.9. The van der Waals surface area contributed by atoms with Crippen LogP contribution in [0.15, 0.2) is 46.9 Å². The minimum atomic E-state index is -1.18. The Kier molecular flexibility index (Phi) is 4.54. The number of amides is 2. The van der Waals surface area contributed by atoms with Gasteiger partial charge in [-0.1, -0.05) is 24.3 Å². The van der Waals surface area contributed by atoms with Crippen LogP contribution in [0.25, 0.3) is 11.0 Å². The lowest BCUT2D eigenvalue weighted by atomic mass is 10.1. The van der Waals surface area contributed by atoms with Crippen molar-refractivity contribution in [2.75, 3.05) is 16.8 Å². The van der Waals surface area contributed by atoms with Gasteiger partial charge in [-0.25, -0.2) is 9.18 Å². The number of benzene rings is 2. The van der Waals surface area contributed by atoms with Gasteiger partial charge in [0.1, 0.15) is 6.54 Å². The minimum Gasteiger partial charge on any atom is -0.447 e. The van der Waals surface area contributed by atoms with Crippen molar-refractivity contribution in [2.24, 2.45) is 0 Å². The molecule has 1 N–H and O–H groups in total. The molecule has 4 rings (SSSR count). The molecule has 0 spiro atoms. The van der Waals surface area contributed by atoms with E-state index in [1.165, 1.54) is 24.0 Å². The van der Waals surface area contributed by atoms with Crippen LogP contribution in [0.3, 0.4) is 0 Å². The Bertz CT molecular complexity index is 1150. The zero-order valence-corrected chi connectivity index (χ0v) is 15.7. The molecule has 1 aliphatic rings. The number of nitrogens with zero attached hydrogens (tertiary/aromatic N) is 1. The summed E-state index contributed by atoms with van der Waals surface area (Å²) in [5.41, 5.74) is 1.39. The topological polar surface area (TPSA) is 88.9 Å². The maximum atomic E-state index is 13.9. The van der Waals surface area contributed by atoms with Gasteiger partial charge in [-0.15, -0.1) is 0 Å². The summed E-state index contributed by atoms with van der Waals surface area (Å²) in [5, 5.41) is 3.14. The van der Waals surface area contributed by atoms with E-state index in [1.807, 2.05) is 0 Å². The third kappa shape index (κ3) is 3.22. The number of nitrogens with one attached hydrogen (secondary N) is 1. The fourth-order valence-corrected chi connectivity index (χ4v) is 3.32. The van der Waals surface area contributed by atoms with Gasteiger partial charge in [0, 0.05) is 10.9 Å². The number of furan rings is 1. The van der Waals surface area contributed by atoms with Crippen molar-refractivity contribution >= 4 is 40.1 Å². The average Bonchev–Trinajstić information content (AvgIpc) is 3.05. The zero-order valence-electron chi connectivity index (χ0n) is 15.7. The number of hydrogen-bond donors (Lipinski definition) is 1. The highest BCUT2D eigenvalue weighted by molar-refractivity contribution is 6.11. The predicted molar refractivity (Wildman–Crippen MR) is 103 cm³/mol. The monoisotopic (exact) mass is 396 g/mol. The molecule has 1 aromatic heterocycles. The fraction of sp³-hybridized carbons (Fsp3) is 0.190. The first-order chi connectivity index (χ1) is 13.9. The van der Waals surface area contributed by atoms with E-state index in [0.717, 1.165) is 0 Å². The third-order valence-electron chi connectivity index (χ3n) is 4.77. The molecule has 8 heteroatoms. The van der Waals surface area contributed by atoms with Crippen molar-refractivity contribution in [1.29, 1.82) is 0 Å². The molecule has 2 aromatic carbocycles. The largest absolute Gasteiger partial charge is 0.447 e. The van der Waals surface area contributed by atoms with Gasteiger partial charge in [-0.05, 0) is 32.0 Å². The van der Waals surface area contributed by atoms with Gasteiger partial charge in [0.15, 0.2) is 17.5 Å². The molecule has 0 fully saturated rings. The number of rotatable bonds is 3. The molecule has 148 valence electrons. The zero-order chi connectivity index (χ0) is 20.7. The Hall–Kier alpha value is -3.68. The minimum absolute atomic E-state index is 0.0439. The van der Waals surface area contributed by atoms with E-state index in [0.29, 0.717) is 22.3 Å². The molecule has 7 nitrogen and oxygen atoms in total. The van der Waals surface area contributed by atoms with Crippen LogP contribution in [0, 0.1) is 12.7 Å². The number of hydrogen-bond acceptors (Lipinski definition) is 5. The first-order valence-electron chi connectivity index (χ1n) is 8.95. The molecular weight excluding hydrogens is 379 g/mol. The number of para-hydroxylation sites is 3. The molecule has 0 radical (unpaired) electrons. The number of anilines is 2. The molecule has 0 bridgehead atoms. The molecule has 3 aromatic rings. The molecule has 0 aliphatic carbocycles. The molecule has 0 saturated heterocycles. The van der Waals surface area contributed by atoms with Gasteiger partial charge in [0.25, 0.3) is 5.91 Å². The lowest BCUT2D eigenvalue weighted by molar-refractivity contribution is -0.128. The Morgan fingerprint density at radius 2 is 1.97 bits per heavy atom. The van der Waals surface area contributed by atoms with Crippen LogP contribution in [-0.2, 0) is 14.3 Å². The van der Waals surface area contributed by atoms with Crippen LogP contribution in [0.1, 0.15) is 23.0 Å². The van der Waals surface area contributed by atoms with Crippen molar-refractivity contribution in [3.8, 4) is 0 Å². The summed E-state index contributed by atoms with van der Waals surface area (Å²) in [5.74, 6) is -2.54. The van der Waals surface area contributed by atoms with E-state index in [-0.39, 0.29) is 23.8 Å².